The van der Waals surface area contributed by atoms with Gasteiger partial charge in [-0.2, -0.15) is 0 Å². The number of allylic oxidation sites excluding steroid dienone is 1. The molecule has 3 N–H and O–H groups in total. The van der Waals surface area contributed by atoms with E-state index in [1.165, 1.54) is 25.7 Å². The van der Waals surface area contributed by atoms with E-state index < -0.39 is 12.1 Å². The van der Waals surface area contributed by atoms with Crippen molar-refractivity contribution in [3.05, 3.63) is 11.8 Å². The zero-order chi connectivity index (χ0) is 18.9. The van der Waals surface area contributed by atoms with Crippen LogP contribution in [0.5, 0.6) is 0 Å². The first kappa shape index (κ1) is 21.2. The maximum absolute atomic E-state index is 10.5. The van der Waals surface area contributed by atoms with E-state index in [1.807, 2.05) is 6.08 Å². The lowest BCUT2D eigenvalue weighted by Crippen LogP contribution is -2.22. The number of hydrogen-bond acceptors (Lipinski definition) is 4. The molecule has 5 nitrogen and oxygen atoms in total. The molecule has 0 aromatic rings. The van der Waals surface area contributed by atoms with E-state index in [0.29, 0.717) is 30.1 Å². The number of aliphatic hydroxyl groups excluding tert-OH is 2. The third kappa shape index (κ3) is 6.27. The largest absolute Gasteiger partial charge is 0.512 e. The molecule has 2 saturated carbocycles. The summed E-state index contributed by atoms with van der Waals surface area (Å²) in [5.41, 5.74) is 0. The summed E-state index contributed by atoms with van der Waals surface area (Å²) in [5.74, 6) is 0.686. The topological polar surface area (TPSA) is 87.0 Å². The van der Waals surface area contributed by atoms with E-state index in [2.05, 4.69) is 6.92 Å². The molecule has 2 rings (SSSR count). The smallest absolute Gasteiger partial charge is 0.329 e. The van der Waals surface area contributed by atoms with Gasteiger partial charge < -0.3 is 20.1 Å². The highest BCUT2D eigenvalue weighted by atomic mass is 16.5. The Balaban J connectivity index is 1.76. The summed E-state index contributed by atoms with van der Waals surface area (Å²) in [4.78, 5) is 10.5. The van der Waals surface area contributed by atoms with Crippen LogP contribution in [0.25, 0.3) is 0 Å². The predicted molar refractivity (Wildman–Crippen MR) is 101 cm³/mol. The number of carboxylic acids is 1. The first-order valence-corrected chi connectivity index (χ1v) is 10.4. The van der Waals surface area contributed by atoms with Gasteiger partial charge in [-0.25, -0.2) is 4.79 Å². The molecule has 0 bridgehead atoms. The first-order valence-electron chi connectivity index (χ1n) is 10.4. The minimum Gasteiger partial charge on any atom is -0.512 e. The van der Waals surface area contributed by atoms with Gasteiger partial charge in [-0.3, -0.25) is 0 Å². The van der Waals surface area contributed by atoms with Gasteiger partial charge in [0.2, 0.25) is 0 Å². The summed E-state index contributed by atoms with van der Waals surface area (Å²) in [6, 6.07) is 0. The number of carboxylic acid groups (broad SMARTS) is 1. The Morgan fingerprint density at radius 3 is 2.62 bits per heavy atom. The third-order valence-electron chi connectivity index (χ3n) is 6.17. The highest BCUT2D eigenvalue weighted by Gasteiger charge is 2.49. The predicted octanol–water partition coefficient (Wildman–Crippen LogP) is 4.30. The average Bonchev–Trinajstić information content (AvgIpc) is 3.10. The SMILES string of the molecule is CCCCCCCC=C(O)[C@H]1[C@@H]2C[C@H](CCOCC(=O)O)C[C@@H]2C[C@@H]1O. The fraction of sp³-hybridized carbons (Fsp3) is 0.857. The lowest BCUT2D eigenvalue weighted by Gasteiger charge is -2.21. The molecule has 2 aliphatic rings. The number of aliphatic carboxylic acids is 1. The lowest BCUT2D eigenvalue weighted by atomic mass is 9.88. The second kappa shape index (κ2) is 10.9. The van der Waals surface area contributed by atoms with Crippen LogP contribution in [-0.2, 0) is 9.53 Å². The van der Waals surface area contributed by atoms with Crippen LogP contribution in [0.2, 0.25) is 0 Å². The van der Waals surface area contributed by atoms with Gasteiger partial charge in [-0.05, 0) is 62.4 Å². The van der Waals surface area contributed by atoms with Gasteiger partial charge in [0, 0.05) is 12.5 Å². The molecular weight excluding hydrogens is 332 g/mol. The summed E-state index contributed by atoms with van der Waals surface area (Å²) in [7, 11) is 0. The van der Waals surface area contributed by atoms with E-state index in [4.69, 9.17) is 9.84 Å². The number of carbonyl (C=O) groups is 1. The molecule has 0 aromatic carbocycles. The maximum atomic E-state index is 10.5. The number of ether oxygens (including phenoxy) is 1. The Hall–Kier alpha value is -1.07. The van der Waals surface area contributed by atoms with Crippen LogP contribution in [0.4, 0.5) is 0 Å². The highest BCUT2D eigenvalue weighted by Crippen LogP contribution is 2.52. The van der Waals surface area contributed by atoms with Crippen molar-refractivity contribution < 1.29 is 24.9 Å². The molecule has 0 aliphatic heterocycles. The molecule has 150 valence electrons. The molecule has 2 fully saturated rings. The van der Waals surface area contributed by atoms with Crippen LogP contribution in [0, 0.1) is 23.7 Å². The maximum Gasteiger partial charge on any atom is 0.329 e. The Labute approximate surface area is 157 Å². The molecule has 5 heteroatoms. The van der Waals surface area contributed by atoms with E-state index in [0.717, 1.165) is 38.5 Å². The molecule has 26 heavy (non-hydrogen) atoms. The fourth-order valence-electron chi connectivity index (χ4n) is 4.93. The van der Waals surface area contributed by atoms with Gasteiger partial charge in [0.25, 0.3) is 0 Å². The van der Waals surface area contributed by atoms with Crippen LogP contribution in [-0.4, -0.2) is 40.6 Å². The number of aliphatic hydroxyl groups is 2. The molecule has 0 aromatic heterocycles. The standard InChI is InChI=1S/C21H36O5/c1-2-3-4-5-6-7-8-18(22)21-17-12-15(9-10-26-14-20(24)25)11-16(17)13-19(21)23/h8,15-17,19,21-23H,2-7,9-14H2,1H3,(H,24,25)/t15-,16-,17-,19+,21-/m1/s1. The van der Waals surface area contributed by atoms with Crippen LogP contribution in [0.3, 0.4) is 0 Å². The second-order valence-corrected chi connectivity index (χ2v) is 8.16. The van der Waals surface area contributed by atoms with E-state index in [1.54, 1.807) is 0 Å². The Morgan fingerprint density at radius 2 is 1.88 bits per heavy atom. The number of rotatable bonds is 12. The van der Waals surface area contributed by atoms with Crippen molar-refractivity contribution in [2.45, 2.75) is 77.2 Å². The van der Waals surface area contributed by atoms with Gasteiger partial charge >= 0.3 is 5.97 Å². The van der Waals surface area contributed by atoms with Crippen molar-refractivity contribution in [3.8, 4) is 0 Å². The van der Waals surface area contributed by atoms with Crippen molar-refractivity contribution in [2.24, 2.45) is 23.7 Å². The molecule has 0 radical (unpaired) electrons. The number of fused-ring (bicyclic) bond motifs is 1. The van der Waals surface area contributed by atoms with Crippen molar-refractivity contribution >= 4 is 5.97 Å². The van der Waals surface area contributed by atoms with Gasteiger partial charge in [-0.15, -0.1) is 0 Å². The summed E-state index contributed by atoms with van der Waals surface area (Å²) < 4.78 is 5.16. The van der Waals surface area contributed by atoms with E-state index in [-0.39, 0.29) is 12.5 Å². The molecule has 0 amide bonds. The molecule has 0 heterocycles. The fourth-order valence-corrected chi connectivity index (χ4v) is 4.93. The zero-order valence-electron chi connectivity index (χ0n) is 16.1. The quantitative estimate of drug-likeness (QED) is 0.353. The van der Waals surface area contributed by atoms with Crippen molar-refractivity contribution in [1.29, 1.82) is 0 Å². The summed E-state index contributed by atoms with van der Waals surface area (Å²) in [5, 5.41) is 29.6. The van der Waals surface area contributed by atoms with Gasteiger partial charge in [-0.1, -0.05) is 32.6 Å². The van der Waals surface area contributed by atoms with Crippen molar-refractivity contribution in [1.82, 2.24) is 0 Å². The summed E-state index contributed by atoms with van der Waals surface area (Å²) in [6.45, 7) is 2.45. The van der Waals surface area contributed by atoms with Crippen LogP contribution < -0.4 is 0 Å². The minimum absolute atomic E-state index is 0.111. The zero-order valence-corrected chi connectivity index (χ0v) is 16.1. The monoisotopic (exact) mass is 368 g/mol. The average molecular weight is 369 g/mol. The van der Waals surface area contributed by atoms with Gasteiger partial charge in [0.05, 0.1) is 11.9 Å². The molecule has 0 unspecified atom stereocenters. The molecule has 0 spiro atoms. The second-order valence-electron chi connectivity index (χ2n) is 8.16. The van der Waals surface area contributed by atoms with Crippen LogP contribution in [0.15, 0.2) is 11.8 Å². The molecule has 5 atom stereocenters. The van der Waals surface area contributed by atoms with Crippen molar-refractivity contribution in [2.75, 3.05) is 13.2 Å². The van der Waals surface area contributed by atoms with Crippen LogP contribution >= 0.6 is 0 Å². The van der Waals surface area contributed by atoms with Crippen LogP contribution in [0.1, 0.15) is 71.1 Å². The van der Waals surface area contributed by atoms with Gasteiger partial charge in [0.1, 0.15) is 6.61 Å². The summed E-state index contributed by atoms with van der Waals surface area (Å²) >= 11 is 0. The Bertz CT molecular complexity index is 461. The highest BCUT2D eigenvalue weighted by molar-refractivity contribution is 5.67. The van der Waals surface area contributed by atoms with Crippen molar-refractivity contribution in [3.63, 3.8) is 0 Å². The van der Waals surface area contributed by atoms with E-state index >= 15 is 0 Å². The lowest BCUT2D eigenvalue weighted by molar-refractivity contribution is -0.142. The molecule has 0 saturated heterocycles. The first-order chi connectivity index (χ1) is 12.5. The minimum atomic E-state index is -0.929. The van der Waals surface area contributed by atoms with E-state index in [9.17, 15) is 15.0 Å². The molecular formula is C21H36O5. The Kier molecular flexibility index (Phi) is 8.93. The summed E-state index contributed by atoms with van der Waals surface area (Å²) in [6.07, 6.45) is 12.2. The normalized spacial score (nSPS) is 31.3. The number of unbranched alkanes of at least 4 members (excludes halogenated alkanes) is 5. The van der Waals surface area contributed by atoms with Gasteiger partial charge in [0.15, 0.2) is 0 Å². The Morgan fingerprint density at radius 1 is 1.12 bits per heavy atom. The number of hydrogen-bond donors (Lipinski definition) is 3. The third-order valence-corrected chi connectivity index (χ3v) is 6.17. The molecule has 2 aliphatic carbocycles.